The second-order valence-corrected chi connectivity index (χ2v) is 8.10. The van der Waals surface area contributed by atoms with E-state index in [2.05, 4.69) is 9.98 Å². The van der Waals surface area contributed by atoms with Gasteiger partial charge in [-0.25, -0.2) is 4.98 Å². The van der Waals surface area contributed by atoms with Crippen LogP contribution in [0.2, 0.25) is 0 Å². The lowest BCUT2D eigenvalue weighted by molar-refractivity contribution is 0.134. The molecule has 0 radical (unpaired) electrons. The Morgan fingerprint density at radius 2 is 2.06 bits per heavy atom. The minimum absolute atomic E-state index is 0.145. The van der Waals surface area contributed by atoms with Crippen molar-refractivity contribution in [3.05, 3.63) is 76.0 Å². The number of benzene rings is 2. The molecule has 0 aliphatic heterocycles. The number of nitrogens with zero attached hydrogens (tertiary/aromatic N) is 3. The van der Waals surface area contributed by atoms with Crippen molar-refractivity contribution >= 4 is 22.7 Å². The van der Waals surface area contributed by atoms with Crippen LogP contribution in [0.5, 0.6) is 5.75 Å². The van der Waals surface area contributed by atoms with Gasteiger partial charge in [0.25, 0.3) is 5.56 Å². The highest BCUT2D eigenvalue weighted by Gasteiger charge is 2.28. The van der Waals surface area contributed by atoms with Gasteiger partial charge in [0, 0.05) is 25.0 Å². The number of rotatable bonds is 6. The van der Waals surface area contributed by atoms with Crippen molar-refractivity contribution in [2.75, 3.05) is 14.2 Å². The van der Waals surface area contributed by atoms with Crippen molar-refractivity contribution in [3.63, 3.8) is 0 Å². The minimum Gasteiger partial charge on any atom is -0.494 e. The molecule has 7 nitrogen and oxygen atoms in total. The maximum Gasteiger partial charge on any atom is 0.261 e. The van der Waals surface area contributed by atoms with Crippen molar-refractivity contribution in [3.8, 4) is 5.75 Å². The summed E-state index contributed by atoms with van der Waals surface area (Å²) in [7, 11) is 3.29. The van der Waals surface area contributed by atoms with Crippen LogP contribution < -0.4 is 16.0 Å². The Morgan fingerprint density at radius 1 is 1.28 bits per heavy atom. The van der Waals surface area contributed by atoms with Crippen LogP contribution in [0.25, 0.3) is 16.5 Å². The molecule has 3 N–H and O–H groups in total. The summed E-state index contributed by atoms with van der Waals surface area (Å²) < 4.78 is 7.12. The molecule has 2 aromatic carbocycles. The maximum absolute atomic E-state index is 13.3. The fraction of sp³-hybridized carbons (Fsp3) is 0.320. The number of hydrogen-bond donors (Lipinski definition) is 2. The highest BCUT2D eigenvalue weighted by molar-refractivity contribution is 6.09. The highest BCUT2D eigenvalue weighted by atomic mass is 16.5. The zero-order valence-electron chi connectivity index (χ0n) is 18.4. The van der Waals surface area contributed by atoms with Crippen LogP contribution in [0.3, 0.4) is 0 Å². The van der Waals surface area contributed by atoms with Crippen molar-refractivity contribution in [1.82, 2.24) is 9.55 Å². The summed E-state index contributed by atoms with van der Waals surface area (Å²) in [5.41, 5.74) is 9.98. The first kappa shape index (κ1) is 21.8. The molecule has 1 aliphatic rings. The lowest BCUT2D eigenvalue weighted by Gasteiger charge is -2.18. The Labute approximate surface area is 186 Å². The monoisotopic (exact) mass is 432 g/mol. The molecule has 4 rings (SSSR count). The molecule has 1 heterocycles. The molecule has 32 heavy (non-hydrogen) atoms. The number of hydrogen-bond acceptors (Lipinski definition) is 6. The molecule has 0 amide bonds. The Balaban J connectivity index is 1.70. The van der Waals surface area contributed by atoms with Gasteiger partial charge in [0.15, 0.2) is 0 Å². The number of aliphatic hydroxyl groups is 1. The minimum atomic E-state index is -0.513. The summed E-state index contributed by atoms with van der Waals surface area (Å²) in [6, 6.07) is 11.7. The molecule has 1 aromatic heterocycles. The quantitative estimate of drug-likeness (QED) is 0.583. The van der Waals surface area contributed by atoms with Gasteiger partial charge < -0.3 is 15.6 Å². The highest BCUT2D eigenvalue weighted by Crippen LogP contribution is 2.30. The Bertz CT molecular complexity index is 1230. The van der Waals surface area contributed by atoms with Gasteiger partial charge in [-0.2, -0.15) is 0 Å². The summed E-state index contributed by atoms with van der Waals surface area (Å²) in [6.07, 6.45) is 7.31. The number of nitrogens with two attached hydrogens (primary N) is 1. The zero-order chi connectivity index (χ0) is 22.7. The lowest BCUT2D eigenvalue weighted by Crippen LogP contribution is -2.29. The summed E-state index contributed by atoms with van der Waals surface area (Å²) in [6.45, 7) is 0. The fourth-order valence-corrected chi connectivity index (χ4v) is 4.42. The molecular weight excluding hydrogens is 404 g/mol. The number of fused-ring (bicyclic) bond motifs is 1. The van der Waals surface area contributed by atoms with Crippen LogP contribution in [-0.4, -0.2) is 41.1 Å². The SMILES string of the molecule is CN=CC(=CN)c1ccc(Cc2cc(OC)c3ncn([C@H]4CCC[C@@H]4O)c(=O)c3c2)cc1. The predicted octanol–water partition coefficient (Wildman–Crippen LogP) is 3.08. The molecule has 166 valence electrons. The molecular formula is C25H28N4O3. The predicted molar refractivity (Wildman–Crippen MR) is 127 cm³/mol. The van der Waals surface area contributed by atoms with Crippen LogP contribution in [-0.2, 0) is 6.42 Å². The van der Waals surface area contributed by atoms with E-state index in [9.17, 15) is 9.90 Å². The number of methoxy groups -OCH3 is 1. The van der Waals surface area contributed by atoms with E-state index in [-0.39, 0.29) is 11.6 Å². The van der Waals surface area contributed by atoms with E-state index in [1.165, 1.54) is 12.5 Å². The number of aliphatic hydroxyl groups excluding tert-OH is 1. The molecule has 0 spiro atoms. The average Bonchev–Trinajstić information content (AvgIpc) is 3.23. The van der Waals surface area contributed by atoms with Crippen molar-refractivity contribution in [2.45, 2.75) is 37.8 Å². The third-order valence-electron chi connectivity index (χ3n) is 6.08. The van der Waals surface area contributed by atoms with Crippen molar-refractivity contribution in [1.29, 1.82) is 0 Å². The van der Waals surface area contributed by atoms with E-state index in [1.54, 1.807) is 24.9 Å². The lowest BCUT2D eigenvalue weighted by atomic mass is 10.00. The number of aliphatic imine (C=N–C) groups is 1. The van der Waals surface area contributed by atoms with Gasteiger partial charge in [-0.1, -0.05) is 24.3 Å². The zero-order valence-corrected chi connectivity index (χ0v) is 18.4. The smallest absolute Gasteiger partial charge is 0.261 e. The first-order valence-electron chi connectivity index (χ1n) is 10.7. The summed E-state index contributed by atoms with van der Waals surface area (Å²) >= 11 is 0. The van der Waals surface area contributed by atoms with Gasteiger partial charge in [-0.15, -0.1) is 0 Å². The van der Waals surface area contributed by atoms with Crippen molar-refractivity contribution < 1.29 is 9.84 Å². The van der Waals surface area contributed by atoms with Crippen LogP contribution in [0, 0.1) is 0 Å². The van der Waals surface area contributed by atoms with Crippen LogP contribution in [0.15, 0.2) is 58.7 Å². The van der Waals surface area contributed by atoms with Crippen LogP contribution in [0.4, 0.5) is 0 Å². The van der Waals surface area contributed by atoms with Gasteiger partial charge in [-0.05, 0) is 54.5 Å². The molecule has 1 aliphatic carbocycles. The molecule has 1 saturated carbocycles. The number of aromatic nitrogens is 2. The van der Waals surface area contributed by atoms with E-state index in [0.717, 1.165) is 35.1 Å². The molecule has 0 bridgehead atoms. The van der Waals surface area contributed by atoms with E-state index in [0.29, 0.717) is 29.5 Å². The van der Waals surface area contributed by atoms with Crippen molar-refractivity contribution in [2.24, 2.45) is 10.7 Å². The first-order valence-corrected chi connectivity index (χ1v) is 10.7. The molecule has 3 aromatic rings. The third-order valence-corrected chi connectivity index (χ3v) is 6.08. The standard InChI is InChI=1S/C25H28N4O3/c1-27-14-19(13-26)18-8-6-16(7-9-18)10-17-11-20-24(23(12-17)32-2)28-15-29(25(20)31)21-4-3-5-22(21)30/h6-9,11-15,21-22,30H,3-5,10,26H2,1-2H3/t21-,22-/m0/s1. The molecule has 0 unspecified atom stereocenters. The first-order chi connectivity index (χ1) is 15.5. The van der Waals surface area contributed by atoms with Crippen LogP contribution in [0.1, 0.15) is 42.0 Å². The number of allylic oxidation sites excluding steroid dienone is 1. The Kier molecular flexibility index (Phi) is 6.37. The van der Waals surface area contributed by atoms with Crippen LogP contribution >= 0.6 is 0 Å². The fourth-order valence-electron chi connectivity index (χ4n) is 4.42. The maximum atomic E-state index is 13.3. The molecule has 1 fully saturated rings. The largest absolute Gasteiger partial charge is 0.494 e. The van der Waals surface area contributed by atoms with E-state index in [4.69, 9.17) is 10.5 Å². The molecule has 2 atom stereocenters. The Morgan fingerprint density at radius 3 is 2.69 bits per heavy atom. The number of ether oxygens (including phenoxy) is 1. The van der Waals surface area contributed by atoms with Gasteiger partial charge in [0.1, 0.15) is 11.3 Å². The summed E-state index contributed by atoms with van der Waals surface area (Å²) in [5.74, 6) is 0.567. The van der Waals surface area contributed by atoms with E-state index < -0.39 is 6.10 Å². The van der Waals surface area contributed by atoms with Gasteiger partial charge in [0.2, 0.25) is 0 Å². The summed E-state index contributed by atoms with van der Waals surface area (Å²) in [4.78, 5) is 21.8. The normalized spacial score (nSPS) is 19.2. The molecule has 0 saturated heterocycles. The third kappa shape index (κ3) is 4.16. The molecule has 7 heteroatoms. The second-order valence-electron chi connectivity index (χ2n) is 8.10. The topological polar surface area (TPSA) is 103 Å². The van der Waals surface area contributed by atoms with Gasteiger partial charge >= 0.3 is 0 Å². The Hall–Kier alpha value is -3.45. The van der Waals surface area contributed by atoms with Gasteiger partial charge in [-0.3, -0.25) is 14.4 Å². The second kappa shape index (κ2) is 9.36. The van der Waals surface area contributed by atoms with Gasteiger partial charge in [0.05, 0.1) is 31.0 Å². The summed E-state index contributed by atoms with van der Waals surface area (Å²) in [5, 5.41) is 10.8. The van der Waals surface area contributed by atoms with E-state index in [1.807, 2.05) is 36.4 Å². The average molecular weight is 433 g/mol. The van der Waals surface area contributed by atoms with E-state index >= 15 is 0 Å².